The molecular weight excluding hydrogens is 293 g/mol. The third-order valence-corrected chi connectivity index (χ3v) is 3.70. The fourth-order valence-corrected chi connectivity index (χ4v) is 2.75. The van der Waals surface area contributed by atoms with Gasteiger partial charge in [0.25, 0.3) is 0 Å². The van der Waals surface area contributed by atoms with E-state index in [1.165, 1.54) is 0 Å². The average Bonchev–Trinajstić information content (AvgIpc) is 2.89. The molecule has 2 heterocycles. The van der Waals surface area contributed by atoms with Gasteiger partial charge in [-0.15, -0.1) is 0 Å². The molecule has 1 aliphatic rings. The van der Waals surface area contributed by atoms with Gasteiger partial charge in [-0.1, -0.05) is 6.92 Å². The van der Waals surface area contributed by atoms with Crippen LogP contribution in [0.4, 0.5) is 18.3 Å². The van der Waals surface area contributed by atoms with Gasteiger partial charge in [0, 0.05) is 24.6 Å². The van der Waals surface area contributed by atoms with E-state index < -0.39 is 12.0 Å². The third kappa shape index (κ3) is 3.80. The molecule has 1 aromatic rings. The number of ether oxygens (including phenoxy) is 1. The predicted molar refractivity (Wildman–Crippen MR) is 70.0 cm³/mol. The summed E-state index contributed by atoms with van der Waals surface area (Å²) >= 11 is 0.787. The molecule has 1 aromatic heterocycles. The summed E-state index contributed by atoms with van der Waals surface area (Å²) in [5, 5.41) is 3.56. The number of rotatable bonds is 5. The summed E-state index contributed by atoms with van der Waals surface area (Å²) in [5.41, 5.74) is 0. The van der Waals surface area contributed by atoms with Crippen molar-refractivity contribution in [2.24, 2.45) is 0 Å². The molecule has 2 rings (SSSR count). The molecule has 0 amide bonds. The average molecular weight is 310 g/mol. The lowest BCUT2D eigenvalue weighted by molar-refractivity contribution is -0.144. The Hall–Kier alpha value is -0.930. The molecular formula is C11H17F3N4OS. The van der Waals surface area contributed by atoms with Crippen LogP contribution in [0.2, 0.25) is 0 Å². The molecule has 1 atom stereocenters. The summed E-state index contributed by atoms with van der Waals surface area (Å²) in [7, 11) is 0. The van der Waals surface area contributed by atoms with Crippen molar-refractivity contribution in [3.8, 4) is 0 Å². The highest BCUT2D eigenvalue weighted by Gasteiger charge is 2.37. The first-order chi connectivity index (χ1) is 9.52. The van der Waals surface area contributed by atoms with E-state index in [4.69, 9.17) is 4.74 Å². The Kier molecular flexibility index (Phi) is 5.17. The maximum absolute atomic E-state index is 12.5. The van der Waals surface area contributed by atoms with Crippen LogP contribution in [-0.4, -0.2) is 48.2 Å². The number of hydrogen-bond donors (Lipinski definition) is 1. The van der Waals surface area contributed by atoms with Crippen LogP contribution in [0.5, 0.6) is 0 Å². The van der Waals surface area contributed by atoms with E-state index in [0.717, 1.165) is 24.5 Å². The zero-order valence-corrected chi connectivity index (χ0v) is 11.9. The van der Waals surface area contributed by atoms with Crippen molar-refractivity contribution in [3.05, 3.63) is 5.82 Å². The van der Waals surface area contributed by atoms with Gasteiger partial charge in [0.2, 0.25) is 11.0 Å². The maximum Gasteiger partial charge on any atom is 0.452 e. The van der Waals surface area contributed by atoms with Crippen LogP contribution in [-0.2, 0) is 10.9 Å². The van der Waals surface area contributed by atoms with Crippen LogP contribution in [0.15, 0.2) is 0 Å². The number of anilines is 1. The van der Waals surface area contributed by atoms with Gasteiger partial charge in [-0.25, -0.2) is 0 Å². The first kappa shape index (κ1) is 15.5. The Bertz CT molecular complexity index is 426. The molecule has 0 aromatic carbocycles. The zero-order valence-electron chi connectivity index (χ0n) is 11.1. The Balaban J connectivity index is 2.05. The molecule has 1 saturated heterocycles. The van der Waals surface area contributed by atoms with E-state index in [9.17, 15) is 13.2 Å². The van der Waals surface area contributed by atoms with E-state index in [1.54, 1.807) is 0 Å². The molecule has 1 fully saturated rings. The Morgan fingerprint density at radius 1 is 1.50 bits per heavy atom. The lowest BCUT2D eigenvalue weighted by Crippen LogP contribution is -2.50. The second-order valence-electron chi connectivity index (χ2n) is 4.52. The molecule has 114 valence electrons. The van der Waals surface area contributed by atoms with Gasteiger partial charge in [-0.3, -0.25) is 0 Å². The molecule has 0 spiro atoms. The fourth-order valence-electron chi connectivity index (χ4n) is 1.97. The number of hydrogen-bond acceptors (Lipinski definition) is 6. The van der Waals surface area contributed by atoms with Gasteiger partial charge < -0.3 is 15.0 Å². The topological polar surface area (TPSA) is 50.3 Å². The Morgan fingerprint density at radius 3 is 2.95 bits per heavy atom. The van der Waals surface area contributed by atoms with Gasteiger partial charge in [0.05, 0.1) is 19.3 Å². The largest absolute Gasteiger partial charge is 0.452 e. The van der Waals surface area contributed by atoms with Crippen molar-refractivity contribution in [2.75, 3.05) is 37.7 Å². The van der Waals surface area contributed by atoms with Crippen LogP contribution in [0.3, 0.4) is 0 Å². The van der Waals surface area contributed by atoms with Crippen molar-refractivity contribution in [2.45, 2.75) is 25.6 Å². The summed E-state index contributed by atoms with van der Waals surface area (Å²) < 4.78 is 46.4. The van der Waals surface area contributed by atoms with E-state index in [0.29, 0.717) is 31.4 Å². The van der Waals surface area contributed by atoms with Gasteiger partial charge in [-0.05, 0) is 13.0 Å². The fraction of sp³-hybridized carbons (Fsp3) is 0.818. The van der Waals surface area contributed by atoms with Crippen molar-refractivity contribution >= 4 is 16.7 Å². The number of nitrogens with one attached hydrogen (secondary N) is 1. The smallest absolute Gasteiger partial charge is 0.377 e. The SMILES string of the molecule is CCCNCC1COCCN1c1nc(C(F)(F)F)ns1. The van der Waals surface area contributed by atoms with Crippen LogP contribution in [0, 0.1) is 0 Å². The van der Waals surface area contributed by atoms with E-state index >= 15 is 0 Å². The summed E-state index contributed by atoms with van der Waals surface area (Å²) in [6.07, 6.45) is -3.48. The molecule has 0 radical (unpaired) electrons. The second-order valence-corrected chi connectivity index (χ2v) is 5.25. The number of nitrogens with zero attached hydrogens (tertiary/aromatic N) is 3. The third-order valence-electron chi connectivity index (χ3n) is 2.95. The zero-order chi connectivity index (χ0) is 14.6. The monoisotopic (exact) mass is 310 g/mol. The van der Waals surface area contributed by atoms with Crippen molar-refractivity contribution in [1.82, 2.24) is 14.7 Å². The minimum atomic E-state index is -4.49. The van der Waals surface area contributed by atoms with E-state index in [2.05, 4.69) is 21.6 Å². The van der Waals surface area contributed by atoms with E-state index in [1.807, 2.05) is 4.90 Å². The lowest BCUT2D eigenvalue weighted by atomic mass is 10.2. The molecule has 9 heteroatoms. The Labute approximate surface area is 119 Å². The molecule has 1 N–H and O–H groups in total. The quantitative estimate of drug-likeness (QED) is 0.840. The molecule has 0 aliphatic carbocycles. The molecule has 5 nitrogen and oxygen atoms in total. The predicted octanol–water partition coefficient (Wildman–Crippen LogP) is 1.76. The van der Waals surface area contributed by atoms with Crippen molar-refractivity contribution in [1.29, 1.82) is 0 Å². The molecule has 0 bridgehead atoms. The number of halogens is 3. The molecule has 1 aliphatic heterocycles. The normalized spacial score (nSPS) is 20.4. The highest BCUT2D eigenvalue weighted by molar-refractivity contribution is 7.09. The number of alkyl halides is 3. The molecule has 20 heavy (non-hydrogen) atoms. The summed E-state index contributed by atoms with van der Waals surface area (Å²) in [6.45, 7) is 5.10. The van der Waals surface area contributed by atoms with Gasteiger partial charge in [0.15, 0.2) is 0 Å². The van der Waals surface area contributed by atoms with Crippen LogP contribution < -0.4 is 10.2 Å². The summed E-state index contributed by atoms with van der Waals surface area (Å²) in [4.78, 5) is 5.45. The standard InChI is InChI=1S/C11H17F3N4OS/c1-2-3-15-6-8-7-19-5-4-18(8)10-16-9(17-20-10)11(12,13)14/h8,15H,2-7H2,1H3. The highest BCUT2D eigenvalue weighted by atomic mass is 32.1. The summed E-state index contributed by atoms with van der Waals surface area (Å²) in [6, 6.07) is -0.00988. The highest BCUT2D eigenvalue weighted by Crippen LogP contribution is 2.31. The van der Waals surface area contributed by atoms with Gasteiger partial charge in [0.1, 0.15) is 0 Å². The maximum atomic E-state index is 12.5. The van der Waals surface area contributed by atoms with Gasteiger partial charge >= 0.3 is 6.18 Å². The number of aromatic nitrogens is 2. The van der Waals surface area contributed by atoms with Crippen LogP contribution >= 0.6 is 11.5 Å². The lowest BCUT2D eigenvalue weighted by Gasteiger charge is -2.35. The minimum Gasteiger partial charge on any atom is -0.377 e. The van der Waals surface area contributed by atoms with Crippen LogP contribution in [0.25, 0.3) is 0 Å². The second kappa shape index (κ2) is 6.68. The first-order valence-electron chi connectivity index (χ1n) is 6.48. The summed E-state index contributed by atoms with van der Waals surface area (Å²) in [5.74, 6) is -1.07. The van der Waals surface area contributed by atoms with Gasteiger partial charge in [-0.2, -0.15) is 22.5 Å². The van der Waals surface area contributed by atoms with Crippen molar-refractivity contribution in [3.63, 3.8) is 0 Å². The van der Waals surface area contributed by atoms with Crippen LogP contribution in [0.1, 0.15) is 19.2 Å². The molecule has 0 saturated carbocycles. The minimum absolute atomic E-state index is 0.00988. The Morgan fingerprint density at radius 2 is 2.30 bits per heavy atom. The van der Waals surface area contributed by atoms with E-state index in [-0.39, 0.29) is 6.04 Å². The number of morpholine rings is 1. The first-order valence-corrected chi connectivity index (χ1v) is 7.25. The van der Waals surface area contributed by atoms with Crippen molar-refractivity contribution < 1.29 is 17.9 Å². The molecule has 1 unspecified atom stereocenters.